The van der Waals surface area contributed by atoms with E-state index in [9.17, 15) is 9.59 Å². The average molecular weight is 414 g/mol. The molecular weight excluding hydrogens is 382 g/mol. The first kappa shape index (κ1) is 22.0. The lowest BCUT2D eigenvalue weighted by molar-refractivity contribution is 0.0499. The summed E-state index contributed by atoms with van der Waals surface area (Å²) in [5.74, 6) is -0.374. The molecule has 30 heavy (non-hydrogen) atoms. The van der Waals surface area contributed by atoms with Crippen LogP contribution in [0.5, 0.6) is 0 Å². The molecule has 7 nitrogen and oxygen atoms in total. The molecule has 0 fully saturated rings. The zero-order valence-electron chi connectivity index (χ0n) is 17.9. The number of carbonyl (C=O) groups excluding carboxylic acids is 2. The van der Waals surface area contributed by atoms with Crippen LogP contribution >= 0.6 is 0 Å². The summed E-state index contributed by atoms with van der Waals surface area (Å²) in [5, 5.41) is 7.67. The Kier molecular flexibility index (Phi) is 8.02. The van der Waals surface area contributed by atoms with Crippen molar-refractivity contribution in [2.75, 3.05) is 26.4 Å². The Morgan fingerprint density at radius 2 is 2.07 bits per heavy atom. The van der Waals surface area contributed by atoms with E-state index in [0.717, 1.165) is 36.1 Å². The summed E-state index contributed by atoms with van der Waals surface area (Å²) in [6.07, 6.45) is 3.72. The number of fused-ring (bicyclic) bond motifs is 1. The predicted octanol–water partition coefficient (Wildman–Crippen LogP) is 3.08. The summed E-state index contributed by atoms with van der Waals surface area (Å²) in [7, 11) is 0. The van der Waals surface area contributed by atoms with Gasteiger partial charge < -0.3 is 14.8 Å². The third-order valence-electron chi connectivity index (χ3n) is 5.27. The topological polar surface area (TPSA) is 82.5 Å². The monoisotopic (exact) mass is 413 g/mol. The number of hydrogen-bond donors (Lipinski definition) is 1. The van der Waals surface area contributed by atoms with Crippen LogP contribution in [0.3, 0.4) is 0 Å². The molecule has 1 amide bonds. The van der Waals surface area contributed by atoms with Gasteiger partial charge in [-0.15, -0.1) is 0 Å². The lowest BCUT2D eigenvalue weighted by Crippen LogP contribution is -2.28. The molecule has 0 spiro atoms. The van der Waals surface area contributed by atoms with E-state index in [1.54, 1.807) is 10.7 Å². The van der Waals surface area contributed by atoms with Crippen molar-refractivity contribution in [3.8, 4) is 0 Å². The van der Waals surface area contributed by atoms with Crippen LogP contribution in [0.2, 0.25) is 0 Å². The molecule has 1 aromatic carbocycles. The molecule has 0 bridgehead atoms. The third kappa shape index (κ3) is 5.48. The second kappa shape index (κ2) is 10.9. The summed E-state index contributed by atoms with van der Waals surface area (Å²) < 4.78 is 12.9. The van der Waals surface area contributed by atoms with Crippen LogP contribution in [-0.4, -0.2) is 48.0 Å². The van der Waals surface area contributed by atoms with Gasteiger partial charge in [-0.1, -0.05) is 18.2 Å². The highest BCUT2D eigenvalue weighted by molar-refractivity contribution is 5.94. The maximum Gasteiger partial charge on any atom is 0.338 e. The fourth-order valence-electron chi connectivity index (χ4n) is 3.69. The molecule has 1 N–H and O–H groups in total. The van der Waals surface area contributed by atoms with Crippen LogP contribution in [0.15, 0.2) is 24.3 Å². The second-order valence-electron chi connectivity index (χ2n) is 7.47. The zero-order valence-corrected chi connectivity index (χ0v) is 17.9. The number of hydrogen-bond acceptors (Lipinski definition) is 5. The van der Waals surface area contributed by atoms with Gasteiger partial charge in [0.05, 0.1) is 17.9 Å². The van der Waals surface area contributed by atoms with E-state index in [4.69, 9.17) is 14.6 Å². The van der Waals surface area contributed by atoms with Gasteiger partial charge in [-0.25, -0.2) is 4.79 Å². The summed E-state index contributed by atoms with van der Waals surface area (Å²) in [5.41, 5.74) is 4.06. The molecule has 162 valence electrons. The molecule has 3 rings (SSSR count). The van der Waals surface area contributed by atoms with E-state index in [2.05, 4.69) is 5.32 Å². The molecule has 1 aromatic heterocycles. The molecule has 2 aromatic rings. The van der Waals surface area contributed by atoms with Crippen molar-refractivity contribution in [2.24, 2.45) is 0 Å². The Morgan fingerprint density at radius 3 is 2.87 bits per heavy atom. The normalized spacial score (nSPS) is 15.1. The summed E-state index contributed by atoms with van der Waals surface area (Å²) >= 11 is 0. The number of nitrogens with one attached hydrogen (secondary N) is 1. The van der Waals surface area contributed by atoms with Gasteiger partial charge in [-0.3, -0.25) is 9.48 Å². The van der Waals surface area contributed by atoms with Gasteiger partial charge in [0.1, 0.15) is 5.69 Å². The van der Waals surface area contributed by atoms with Crippen LogP contribution in [0.25, 0.3) is 0 Å². The van der Waals surface area contributed by atoms with Gasteiger partial charge >= 0.3 is 5.97 Å². The molecular formula is C23H31N3O4. The van der Waals surface area contributed by atoms with E-state index in [1.165, 1.54) is 0 Å². The van der Waals surface area contributed by atoms with Crippen molar-refractivity contribution < 1.29 is 19.1 Å². The Balaban J connectivity index is 1.66. The average Bonchev–Trinajstić information content (AvgIpc) is 3.08. The Hall–Kier alpha value is -2.67. The van der Waals surface area contributed by atoms with Crippen molar-refractivity contribution in [2.45, 2.75) is 52.5 Å². The molecule has 0 atom stereocenters. The lowest BCUT2D eigenvalue weighted by atomic mass is 10.0. The minimum absolute atomic E-state index is 0.0709. The van der Waals surface area contributed by atoms with Gasteiger partial charge in [0.15, 0.2) is 0 Å². The number of nitrogens with zero attached hydrogens (tertiary/aromatic N) is 2. The lowest BCUT2D eigenvalue weighted by Gasteiger charge is -2.08. The van der Waals surface area contributed by atoms with Gasteiger partial charge in [0.2, 0.25) is 0 Å². The van der Waals surface area contributed by atoms with Crippen LogP contribution in [0.4, 0.5) is 0 Å². The highest BCUT2D eigenvalue weighted by Crippen LogP contribution is 2.20. The number of ether oxygens (including phenoxy) is 2. The predicted molar refractivity (Wildman–Crippen MR) is 114 cm³/mol. The standard InChI is InChI=1S/C23H31N3O4/c1-3-26-21-19(11-6-14-29-15-8-13-24-22(21)27)20(25-26)12-7-16-30-23(28)18-10-5-4-9-17(18)2/h4-5,9-10H,3,6-8,11-16H2,1-2H3,(H,24,27). The molecule has 0 saturated carbocycles. The summed E-state index contributed by atoms with van der Waals surface area (Å²) in [4.78, 5) is 25.0. The third-order valence-corrected chi connectivity index (χ3v) is 5.27. The van der Waals surface area contributed by atoms with Crippen molar-refractivity contribution in [1.29, 1.82) is 0 Å². The molecule has 2 heterocycles. The Labute approximate surface area is 177 Å². The molecule has 7 heteroatoms. The van der Waals surface area contributed by atoms with Crippen LogP contribution < -0.4 is 5.32 Å². The van der Waals surface area contributed by atoms with Crippen LogP contribution in [-0.2, 0) is 28.9 Å². The minimum Gasteiger partial charge on any atom is -0.462 e. The van der Waals surface area contributed by atoms with E-state index in [1.807, 2.05) is 32.0 Å². The number of esters is 1. The van der Waals surface area contributed by atoms with Gasteiger partial charge in [0.25, 0.3) is 5.91 Å². The Morgan fingerprint density at radius 1 is 1.27 bits per heavy atom. The maximum absolute atomic E-state index is 12.8. The highest BCUT2D eigenvalue weighted by Gasteiger charge is 2.23. The quantitative estimate of drug-likeness (QED) is 0.581. The largest absolute Gasteiger partial charge is 0.462 e. The fourth-order valence-corrected chi connectivity index (χ4v) is 3.69. The molecule has 0 unspecified atom stereocenters. The molecule has 0 radical (unpaired) electrons. The molecule has 1 aliphatic heterocycles. The Bertz CT molecular complexity index is 875. The summed E-state index contributed by atoms with van der Waals surface area (Å²) in [6.45, 7) is 6.77. The number of carbonyl (C=O) groups is 2. The van der Waals surface area contributed by atoms with E-state index >= 15 is 0 Å². The van der Waals surface area contributed by atoms with E-state index in [0.29, 0.717) is 57.0 Å². The van der Waals surface area contributed by atoms with Gasteiger partial charge in [-0.2, -0.15) is 5.10 Å². The van der Waals surface area contributed by atoms with E-state index < -0.39 is 0 Å². The molecule has 1 aliphatic rings. The van der Waals surface area contributed by atoms with Crippen molar-refractivity contribution in [3.63, 3.8) is 0 Å². The van der Waals surface area contributed by atoms with Crippen LogP contribution in [0.1, 0.15) is 63.9 Å². The number of aromatic nitrogens is 2. The second-order valence-corrected chi connectivity index (χ2v) is 7.47. The molecule has 0 saturated heterocycles. The number of rotatable bonds is 6. The van der Waals surface area contributed by atoms with Crippen molar-refractivity contribution in [3.05, 3.63) is 52.3 Å². The van der Waals surface area contributed by atoms with E-state index in [-0.39, 0.29) is 11.9 Å². The molecule has 0 aliphatic carbocycles. The zero-order chi connectivity index (χ0) is 21.3. The first-order valence-corrected chi connectivity index (χ1v) is 10.8. The maximum atomic E-state index is 12.8. The smallest absolute Gasteiger partial charge is 0.338 e. The van der Waals surface area contributed by atoms with Gasteiger partial charge in [-0.05, 0) is 57.6 Å². The van der Waals surface area contributed by atoms with Crippen molar-refractivity contribution in [1.82, 2.24) is 15.1 Å². The SMILES string of the molecule is CCn1nc(CCCOC(=O)c2ccccc2C)c2c1C(=O)NCCCOCCC2. The van der Waals surface area contributed by atoms with Crippen LogP contribution in [0, 0.1) is 6.92 Å². The van der Waals surface area contributed by atoms with Gasteiger partial charge in [0, 0.05) is 31.9 Å². The first-order chi connectivity index (χ1) is 14.6. The fraction of sp³-hybridized carbons (Fsp3) is 0.522. The number of amides is 1. The number of benzene rings is 1. The minimum atomic E-state index is -0.303. The highest BCUT2D eigenvalue weighted by atomic mass is 16.5. The summed E-state index contributed by atoms with van der Waals surface area (Å²) in [6, 6.07) is 7.41. The van der Waals surface area contributed by atoms with Crippen molar-refractivity contribution >= 4 is 11.9 Å². The number of aryl methyl sites for hydroxylation is 3. The first-order valence-electron chi connectivity index (χ1n) is 10.8.